The molecule has 1 N–H and O–H groups in total. The number of nitrogens with one attached hydrogen (secondary N) is 1. The van der Waals surface area contributed by atoms with E-state index in [1.807, 2.05) is 0 Å². The Morgan fingerprint density at radius 3 is 3.18 bits per heavy atom. The summed E-state index contributed by atoms with van der Waals surface area (Å²) >= 11 is 3.25. The lowest BCUT2D eigenvalue weighted by Gasteiger charge is -1.89. The average molecular weight is 214 g/mol. The number of aromatic nitrogens is 3. The summed E-state index contributed by atoms with van der Waals surface area (Å²) in [7, 11) is 0. The van der Waals surface area contributed by atoms with Gasteiger partial charge in [0.25, 0.3) is 5.56 Å². The molecule has 0 fully saturated rings. The van der Waals surface area contributed by atoms with Crippen LogP contribution >= 0.6 is 15.9 Å². The van der Waals surface area contributed by atoms with Crippen LogP contribution in [0.5, 0.6) is 0 Å². The number of H-pyrrole nitrogens is 1. The van der Waals surface area contributed by atoms with Crippen LogP contribution in [-0.4, -0.2) is 14.6 Å². The quantitative estimate of drug-likeness (QED) is 0.704. The van der Waals surface area contributed by atoms with Crippen LogP contribution in [0.25, 0.3) is 5.65 Å². The third-order valence-corrected chi connectivity index (χ3v) is 1.96. The number of fused-ring (bicyclic) bond motifs is 1. The Labute approximate surface area is 70.0 Å². The van der Waals surface area contributed by atoms with Crippen LogP contribution in [0.15, 0.2) is 27.7 Å². The number of halogens is 1. The van der Waals surface area contributed by atoms with Crippen molar-refractivity contribution in [2.24, 2.45) is 0 Å². The van der Waals surface area contributed by atoms with Gasteiger partial charge in [-0.1, -0.05) is 0 Å². The lowest BCUT2D eigenvalue weighted by molar-refractivity contribution is 0.899. The van der Waals surface area contributed by atoms with Gasteiger partial charge in [-0.2, -0.15) is 9.61 Å². The van der Waals surface area contributed by atoms with E-state index in [1.54, 1.807) is 12.4 Å². The molecule has 0 amide bonds. The van der Waals surface area contributed by atoms with Gasteiger partial charge in [-0.25, -0.2) is 0 Å². The van der Waals surface area contributed by atoms with Crippen molar-refractivity contribution in [2.45, 2.75) is 0 Å². The molecule has 0 atom stereocenters. The van der Waals surface area contributed by atoms with Crippen molar-refractivity contribution in [3.8, 4) is 0 Å². The Hall–Kier alpha value is -1.10. The van der Waals surface area contributed by atoms with Crippen molar-refractivity contribution in [1.29, 1.82) is 0 Å². The van der Waals surface area contributed by atoms with Gasteiger partial charge in [0.05, 0.1) is 10.7 Å². The Morgan fingerprint density at radius 2 is 2.45 bits per heavy atom. The fourth-order valence-electron chi connectivity index (χ4n) is 0.888. The van der Waals surface area contributed by atoms with Gasteiger partial charge in [0.1, 0.15) is 0 Å². The monoisotopic (exact) mass is 213 g/mol. The Bertz CT molecular complexity index is 444. The summed E-state index contributed by atoms with van der Waals surface area (Å²) < 4.78 is 2.08. The molecule has 2 heterocycles. The van der Waals surface area contributed by atoms with Crippen LogP contribution in [0.4, 0.5) is 0 Å². The predicted octanol–water partition coefficient (Wildman–Crippen LogP) is 0.785. The summed E-state index contributed by atoms with van der Waals surface area (Å²) in [4.78, 5) is 13.9. The lowest BCUT2D eigenvalue weighted by Crippen LogP contribution is -2.12. The van der Waals surface area contributed by atoms with Gasteiger partial charge in [-0.15, -0.1) is 0 Å². The molecular weight excluding hydrogens is 210 g/mol. The zero-order valence-electron chi connectivity index (χ0n) is 5.41. The molecular formula is C6H4BrN3O. The molecule has 0 aliphatic rings. The smallest absolute Gasteiger partial charge is 0.274 e. The summed E-state index contributed by atoms with van der Waals surface area (Å²) in [6.45, 7) is 0. The highest BCUT2D eigenvalue weighted by Crippen LogP contribution is 2.11. The fraction of sp³-hybridized carbons (Fsp3) is 0. The second-order valence-electron chi connectivity index (χ2n) is 2.07. The first-order chi connectivity index (χ1) is 5.29. The number of nitrogens with zero attached hydrogens (tertiary/aromatic N) is 2. The van der Waals surface area contributed by atoms with Gasteiger partial charge in [-0.05, 0) is 15.9 Å². The van der Waals surface area contributed by atoms with E-state index < -0.39 is 0 Å². The van der Waals surface area contributed by atoms with Gasteiger partial charge >= 0.3 is 0 Å². The van der Waals surface area contributed by atoms with Crippen LogP contribution in [0.3, 0.4) is 0 Å². The minimum Gasteiger partial charge on any atom is -0.345 e. The minimum absolute atomic E-state index is 0.135. The molecule has 56 valence electrons. The van der Waals surface area contributed by atoms with Gasteiger partial charge in [0.15, 0.2) is 5.65 Å². The third-order valence-electron chi connectivity index (χ3n) is 1.38. The van der Waals surface area contributed by atoms with E-state index in [4.69, 9.17) is 0 Å². The molecule has 2 aromatic heterocycles. The van der Waals surface area contributed by atoms with E-state index >= 15 is 0 Å². The zero-order chi connectivity index (χ0) is 7.84. The first kappa shape index (κ1) is 6.60. The van der Waals surface area contributed by atoms with E-state index in [1.165, 1.54) is 10.6 Å². The molecule has 0 saturated carbocycles. The highest BCUT2D eigenvalue weighted by atomic mass is 79.9. The third kappa shape index (κ3) is 0.883. The van der Waals surface area contributed by atoms with Crippen molar-refractivity contribution >= 4 is 21.6 Å². The highest BCUT2D eigenvalue weighted by Gasteiger charge is 2.00. The van der Waals surface area contributed by atoms with Crippen molar-refractivity contribution in [3.63, 3.8) is 0 Å². The molecule has 2 rings (SSSR count). The van der Waals surface area contributed by atoms with Crippen molar-refractivity contribution in [3.05, 3.63) is 33.3 Å². The SMILES string of the molecule is O=c1cc[nH]c2c(Br)cnn12. The molecule has 0 aliphatic heterocycles. The molecule has 4 nitrogen and oxygen atoms in total. The Balaban J connectivity index is 3.06. The largest absolute Gasteiger partial charge is 0.345 e. The molecule has 0 aromatic carbocycles. The number of hydrogen-bond donors (Lipinski definition) is 1. The van der Waals surface area contributed by atoms with Crippen LogP contribution in [0.1, 0.15) is 0 Å². The molecule has 0 unspecified atom stereocenters. The summed E-state index contributed by atoms with van der Waals surface area (Å²) in [6.07, 6.45) is 3.16. The topological polar surface area (TPSA) is 50.2 Å². The summed E-state index contributed by atoms with van der Waals surface area (Å²) in [5.74, 6) is 0. The maximum Gasteiger partial charge on any atom is 0.274 e. The molecule has 0 bridgehead atoms. The van der Waals surface area contributed by atoms with Crippen molar-refractivity contribution in [1.82, 2.24) is 14.6 Å². The Morgan fingerprint density at radius 1 is 1.64 bits per heavy atom. The van der Waals surface area contributed by atoms with E-state index in [2.05, 4.69) is 26.0 Å². The zero-order valence-corrected chi connectivity index (χ0v) is 7.00. The van der Waals surface area contributed by atoms with E-state index in [9.17, 15) is 4.79 Å². The van der Waals surface area contributed by atoms with Crippen molar-refractivity contribution in [2.75, 3.05) is 0 Å². The molecule has 11 heavy (non-hydrogen) atoms. The standard InChI is InChI=1S/C6H4BrN3O/c7-4-3-9-10-5(11)1-2-8-6(4)10/h1-3,8H. The maximum absolute atomic E-state index is 11.1. The van der Waals surface area contributed by atoms with Crippen LogP contribution in [-0.2, 0) is 0 Å². The van der Waals surface area contributed by atoms with Crippen LogP contribution < -0.4 is 5.56 Å². The van der Waals surface area contributed by atoms with E-state index in [0.29, 0.717) is 5.65 Å². The second-order valence-corrected chi connectivity index (χ2v) is 2.92. The summed E-state index contributed by atoms with van der Waals surface area (Å²) in [5, 5.41) is 3.84. The van der Waals surface area contributed by atoms with E-state index in [-0.39, 0.29) is 5.56 Å². The molecule has 0 aliphatic carbocycles. The van der Waals surface area contributed by atoms with E-state index in [0.717, 1.165) is 4.47 Å². The molecule has 0 radical (unpaired) electrons. The highest BCUT2D eigenvalue weighted by molar-refractivity contribution is 9.10. The molecule has 2 aromatic rings. The van der Waals surface area contributed by atoms with Gasteiger partial charge in [0, 0.05) is 12.3 Å². The van der Waals surface area contributed by atoms with Crippen LogP contribution in [0, 0.1) is 0 Å². The Kier molecular flexibility index (Phi) is 1.32. The second kappa shape index (κ2) is 2.20. The van der Waals surface area contributed by atoms with Gasteiger partial charge in [0.2, 0.25) is 0 Å². The average Bonchev–Trinajstić information content (AvgIpc) is 2.35. The lowest BCUT2D eigenvalue weighted by atomic mass is 10.6. The van der Waals surface area contributed by atoms with Gasteiger partial charge in [-0.3, -0.25) is 4.79 Å². The summed E-state index contributed by atoms with van der Waals surface area (Å²) in [5.41, 5.74) is 0.543. The molecule has 0 spiro atoms. The first-order valence-corrected chi connectivity index (χ1v) is 3.79. The van der Waals surface area contributed by atoms with Crippen molar-refractivity contribution < 1.29 is 0 Å². The number of rotatable bonds is 0. The van der Waals surface area contributed by atoms with Crippen LogP contribution in [0.2, 0.25) is 0 Å². The normalized spacial score (nSPS) is 10.6. The predicted molar refractivity (Wildman–Crippen MR) is 43.5 cm³/mol. The summed E-state index contributed by atoms with van der Waals surface area (Å²) in [6, 6.07) is 1.42. The first-order valence-electron chi connectivity index (χ1n) is 3.00. The minimum atomic E-state index is -0.135. The fourth-order valence-corrected chi connectivity index (χ4v) is 1.26. The maximum atomic E-state index is 11.1. The van der Waals surface area contributed by atoms with Gasteiger partial charge < -0.3 is 4.98 Å². The number of aromatic amines is 1. The molecule has 5 heteroatoms. The number of hydrogen-bond acceptors (Lipinski definition) is 2. The molecule has 0 saturated heterocycles.